The average molecular weight is 453 g/mol. The van der Waals surface area contributed by atoms with Crippen LogP contribution in [0.1, 0.15) is 23.2 Å². The van der Waals surface area contributed by atoms with E-state index in [1.54, 1.807) is 24.4 Å². The maximum absolute atomic E-state index is 13.9. The fourth-order valence-corrected chi connectivity index (χ4v) is 3.80. The zero-order chi connectivity index (χ0) is 23.4. The number of carbonyl (C=O) groups excluding carboxylic acids is 3. The van der Waals surface area contributed by atoms with Gasteiger partial charge in [0.2, 0.25) is 0 Å². The summed E-state index contributed by atoms with van der Waals surface area (Å²) in [5.74, 6) is -3.70. The number of nitrogens with zero attached hydrogens (tertiary/aromatic N) is 2. The van der Waals surface area contributed by atoms with Gasteiger partial charge < -0.3 is 15.0 Å². The Kier molecular flexibility index (Phi) is 6.58. The molecule has 1 N–H and O–H groups in total. The molecule has 0 saturated carbocycles. The van der Waals surface area contributed by atoms with Crippen LogP contribution in [0.5, 0.6) is 0 Å². The molecular weight excluding hydrogens is 432 g/mol. The van der Waals surface area contributed by atoms with Gasteiger partial charge >= 0.3 is 5.97 Å². The molecule has 1 aliphatic heterocycles. The molecule has 7 nitrogen and oxygen atoms in total. The molecule has 1 aromatic heterocycles. The highest BCUT2D eigenvalue weighted by Gasteiger charge is 2.30. The third-order valence-electron chi connectivity index (χ3n) is 5.54. The van der Waals surface area contributed by atoms with Crippen molar-refractivity contribution in [3.05, 3.63) is 71.9 Å². The predicted molar refractivity (Wildman–Crippen MR) is 116 cm³/mol. The number of rotatable bonds is 5. The summed E-state index contributed by atoms with van der Waals surface area (Å²) in [6.07, 6.45) is 2.30. The SMILES string of the molecule is O=C(COC(=O)C1CCN(C(=O)c2ccc(F)cc2F)CC1)Nc1cccc2ncccc12. The van der Waals surface area contributed by atoms with E-state index in [-0.39, 0.29) is 18.7 Å². The average Bonchev–Trinajstić information content (AvgIpc) is 2.82. The van der Waals surface area contributed by atoms with Crippen molar-refractivity contribution in [3.63, 3.8) is 0 Å². The fourth-order valence-electron chi connectivity index (χ4n) is 3.80. The van der Waals surface area contributed by atoms with E-state index in [2.05, 4.69) is 10.3 Å². The number of fused-ring (bicyclic) bond motifs is 1. The van der Waals surface area contributed by atoms with Crippen LogP contribution in [0.4, 0.5) is 14.5 Å². The molecule has 0 bridgehead atoms. The highest BCUT2D eigenvalue weighted by molar-refractivity contribution is 6.01. The number of nitrogens with one attached hydrogen (secondary N) is 1. The van der Waals surface area contributed by atoms with Crippen molar-refractivity contribution >= 4 is 34.4 Å². The lowest BCUT2D eigenvalue weighted by Gasteiger charge is -2.31. The Labute approximate surface area is 188 Å². The maximum Gasteiger partial charge on any atom is 0.309 e. The van der Waals surface area contributed by atoms with Crippen LogP contribution in [-0.4, -0.2) is 47.4 Å². The quantitative estimate of drug-likeness (QED) is 0.597. The Bertz CT molecular complexity index is 1200. The largest absolute Gasteiger partial charge is 0.455 e. The van der Waals surface area contributed by atoms with E-state index in [0.717, 1.165) is 23.0 Å². The summed E-state index contributed by atoms with van der Waals surface area (Å²) in [5.41, 5.74) is 1.09. The number of likely N-dealkylation sites (tertiary alicyclic amines) is 1. The lowest BCUT2D eigenvalue weighted by atomic mass is 9.96. The molecule has 2 heterocycles. The van der Waals surface area contributed by atoms with Crippen molar-refractivity contribution in [2.45, 2.75) is 12.8 Å². The molecule has 0 radical (unpaired) electrons. The number of anilines is 1. The summed E-state index contributed by atoms with van der Waals surface area (Å²) in [6, 6.07) is 11.7. The second-order valence-corrected chi connectivity index (χ2v) is 7.72. The van der Waals surface area contributed by atoms with Crippen LogP contribution in [0.2, 0.25) is 0 Å². The first-order chi connectivity index (χ1) is 15.9. The summed E-state index contributed by atoms with van der Waals surface area (Å²) >= 11 is 0. The van der Waals surface area contributed by atoms with E-state index < -0.39 is 41.9 Å². The molecule has 1 aliphatic rings. The summed E-state index contributed by atoms with van der Waals surface area (Å²) in [6.45, 7) is 0.0185. The molecule has 9 heteroatoms. The van der Waals surface area contributed by atoms with Crippen molar-refractivity contribution in [1.82, 2.24) is 9.88 Å². The minimum atomic E-state index is -0.922. The number of aromatic nitrogens is 1. The number of carbonyl (C=O) groups is 3. The zero-order valence-corrected chi connectivity index (χ0v) is 17.6. The molecule has 4 rings (SSSR count). The lowest BCUT2D eigenvalue weighted by molar-refractivity contribution is -0.152. The summed E-state index contributed by atoms with van der Waals surface area (Å²) < 4.78 is 32.1. The summed E-state index contributed by atoms with van der Waals surface area (Å²) in [4.78, 5) is 42.8. The highest BCUT2D eigenvalue weighted by Crippen LogP contribution is 2.23. The molecule has 2 amide bonds. The molecule has 1 fully saturated rings. The van der Waals surface area contributed by atoms with Gasteiger partial charge in [-0.3, -0.25) is 19.4 Å². The van der Waals surface area contributed by atoms with Crippen LogP contribution in [0.3, 0.4) is 0 Å². The maximum atomic E-state index is 13.9. The van der Waals surface area contributed by atoms with E-state index >= 15 is 0 Å². The molecule has 0 spiro atoms. The number of hydrogen-bond acceptors (Lipinski definition) is 5. The second-order valence-electron chi connectivity index (χ2n) is 7.72. The van der Waals surface area contributed by atoms with Gasteiger partial charge in [-0.15, -0.1) is 0 Å². The zero-order valence-electron chi connectivity index (χ0n) is 17.6. The number of hydrogen-bond donors (Lipinski definition) is 1. The Balaban J connectivity index is 1.27. The predicted octanol–water partition coefficient (Wildman–Crippen LogP) is 3.55. The van der Waals surface area contributed by atoms with Crippen molar-refractivity contribution in [1.29, 1.82) is 0 Å². The number of ether oxygens (including phenoxy) is 1. The normalized spacial score (nSPS) is 14.2. The van der Waals surface area contributed by atoms with Crippen LogP contribution >= 0.6 is 0 Å². The number of piperidine rings is 1. The van der Waals surface area contributed by atoms with E-state index in [9.17, 15) is 23.2 Å². The number of halogens is 2. The Morgan fingerprint density at radius 3 is 2.61 bits per heavy atom. The minimum Gasteiger partial charge on any atom is -0.455 e. The molecule has 1 saturated heterocycles. The molecular formula is C24H21F2N3O4. The third-order valence-corrected chi connectivity index (χ3v) is 5.54. The lowest BCUT2D eigenvalue weighted by Crippen LogP contribution is -2.41. The van der Waals surface area contributed by atoms with E-state index in [1.807, 2.05) is 12.1 Å². The van der Waals surface area contributed by atoms with E-state index in [4.69, 9.17) is 4.74 Å². The topological polar surface area (TPSA) is 88.6 Å². The fraction of sp³-hybridized carbons (Fsp3) is 0.250. The van der Waals surface area contributed by atoms with E-state index in [0.29, 0.717) is 24.6 Å². The van der Waals surface area contributed by atoms with Gasteiger partial charge in [-0.25, -0.2) is 8.78 Å². The van der Waals surface area contributed by atoms with Crippen molar-refractivity contribution < 1.29 is 27.9 Å². The number of amides is 2. The number of benzene rings is 2. The summed E-state index contributed by atoms with van der Waals surface area (Å²) in [7, 11) is 0. The van der Waals surface area contributed by atoms with Crippen molar-refractivity contribution in [2.75, 3.05) is 25.0 Å². The second kappa shape index (κ2) is 9.72. The molecule has 170 valence electrons. The first kappa shape index (κ1) is 22.3. The van der Waals surface area contributed by atoms with Gasteiger partial charge in [-0.2, -0.15) is 0 Å². The molecule has 33 heavy (non-hydrogen) atoms. The number of pyridine rings is 1. The number of esters is 1. The van der Waals surface area contributed by atoms with Gasteiger partial charge in [0.1, 0.15) is 11.6 Å². The molecule has 0 atom stereocenters. The van der Waals surface area contributed by atoms with Gasteiger partial charge in [0.05, 0.1) is 22.7 Å². The standard InChI is InChI=1S/C24H21F2N3O4/c25-16-6-7-17(19(26)13-16)23(31)29-11-8-15(9-12-29)24(32)33-14-22(30)28-21-5-1-4-20-18(21)3-2-10-27-20/h1-7,10,13,15H,8-9,11-12,14H2,(H,28,30). The Morgan fingerprint density at radius 2 is 1.85 bits per heavy atom. The molecule has 2 aromatic carbocycles. The first-order valence-electron chi connectivity index (χ1n) is 10.5. The first-order valence-corrected chi connectivity index (χ1v) is 10.5. The molecule has 3 aromatic rings. The van der Waals surface area contributed by atoms with Crippen molar-refractivity contribution in [3.8, 4) is 0 Å². The van der Waals surface area contributed by atoms with Gasteiger partial charge in [0, 0.05) is 30.7 Å². The third kappa shape index (κ3) is 5.14. The van der Waals surface area contributed by atoms with Crippen LogP contribution in [0.25, 0.3) is 10.9 Å². The summed E-state index contributed by atoms with van der Waals surface area (Å²) in [5, 5.41) is 3.49. The van der Waals surface area contributed by atoms with Crippen molar-refractivity contribution in [2.24, 2.45) is 5.92 Å². The molecule has 0 unspecified atom stereocenters. The van der Waals surface area contributed by atoms with Gasteiger partial charge in [0.15, 0.2) is 6.61 Å². The highest BCUT2D eigenvalue weighted by atomic mass is 19.1. The van der Waals surface area contributed by atoms with Crippen LogP contribution < -0.4 is 5.32 Å². The van der Waals surface area contributed by atoms with Crippen LogP contribution in [-0.2, 0) is 14.3 Å². The smallest absolute Gasteiger partial charge is 0.309 e. The van der Waals surface area contributed by atoms with Gasteiger partial charge in [-0.1, -0.05) is 6.07 Å². The minimum absolute atomic E-state index is 0.210. The molecule has 0 aliphatic carbocycles. The van der Waals surface area contributed by atoms with Gasteiger partial charge in [0.25, 0.3) is 11.8 Å². The Morgan fingerprint density at radius 1 is 1.06 bits per heavy atom. The van der Waals surface area contributed by atoms with Crippen LogP contribution in [0, 0.1) is 17.6 Å². The van der Waals surface area contributed by atoms with E-state index in [1.165, 1.54) is 4.90 Å². The Hall–Kier alpha value is -3.88. The van der Waals surface area contributed by atoms with Gasteiger partial charge in [-0.05, 0) is 49.2 Å². The van der Waals surface area contributed by atoms with Crippen LogP contribution in [0.15, 0.2) is 54.7 Å². The monoisotopic (exact) mass is 453 g/mol.